The predicted octanol–water partition coefficient (Wildman–Crippen LogP) is 6.09. The van der Waals surface area contributed by atoms with E-state index in [0.29, 0.717) is 12.3 Å². The van der Waals surface area contributed by atoms with Crippen molar-refractivity contribution in [2.24, 2.45) is 0 Å². The van der Waals surface area contributed by atoms with E-state index < -0.39 is 17.7 Å². The number of carbonyl (C=O) groups is 1. The molecular weight excluding hydrogens is 374 g/mol. The van der Waals surface area contributed by atoms with E-state index in [1.807, 2.05) is 24.3 Å². The van der Waals surface area contributed by atoms with Crippen molar-refractivity contribution in [1.29, 1.82) is 0 Å². The summed E-state index contributed by atoms with van der Waals surface area (Å²) in [6.07, 6.45) is 1.53. The van der Waals surface area contributed by atoms with E-state index in [2.05, 4.69) is 26.1 Å². The smallest absolute Gasteiger partial charge is 0.322 e. The summed E-state index contributed by atoms with van der Waals surface area (Å²) in [7, 11) is 0. The molecule has 4 nitrogen and oxygen atoms in total. The molecule has 152 valence electrons. The molecular formula is C23H24F2N2O2. The van der Waals surface area contributed by atoms with Gasteiger partial charge in [0.2, 0.25) is 0 Å². The Morgan fingerprint density at radius 3 is 2.34 bits per heavy atom. The van der Waals surface area contributed by atoms with Gasteiger partial charge in [-0.25, -0.2) is 13.6 Å². The van der Waals surface area contributed by atoms with Crippen LogP contribution in [0.1, 0.15) is 37.7 Å². The van der Waals surface area contributed by atoms with E-state index in [-0.39, 0.29) is 17.6 Å². The third-order valence-electron chi connectivity index (χ3n) is 4.58. The molecule has 29 heavy (non-hydrogen) atoms. The van der Waals surface area contributed by atoms with Gasteiger partial charge >= 0.3 is 6.03 Å². The number of halogens is 2. The number of furan rings is 1. The molecule has 3 rings (SSSR count). The second-order valence-electron chi connectivity index (χ2n) is 7.94. The first-order valence-electron chi connectivity index (χ1n) is 9.35. The van der Waals surface area contributed by atoms with E-state index in [4.69, 9.17) is 4.42 Å². The van der Waals surface area contributed by atoms with Crippen LogP contribution >= 0.6 is 0 Å². The quantitative estimate of drug-likeness (QED) is 0.565. The molecule has 0 saturated heterocycles. The standard InChI is InChI=1S/C23H24F2N2O2/c1-23(2,3)17-8-6-16(7-9-17)14-27(15-19-5-4-12-29-19)22(28)26-21-11-10-18(24)13-20(21)25/h4-13H,14-15H2,1-3H3,(H,26,28). The lowest BCUT2D eigenvalue weighted by atomic mass is 9.87. The highest BCUT2D eigenvalue weighted by Crippen LogP contribution is 2.23. The van der Waals surface area contributed by atoms with Gasteiger partial charge in [0.05, 0.1) is 18.5 Å². The van der Waals surface area contributed by atoms with Gasteiger partial charge in [0.25, 0.3) is 0 Å². The molecule has 0 aliphatic heterocycles. The van der Waals surface area contributed by atoms with Crippen molar-refractivity contribution in [3.05, 3.63) is 89.4 Å². The van der Waals surface area contributed by atoms with Crippen molar-refractivity contribution in [2.45, 2.75) is 39.3 Å². The Bertz CT molecular complexity index is 962. The minimum atomic E-state index is -0.828. The zero-order valence-corrected chi connectivity index (χ0v) is 16.7. The molecule has 1 heterocycles. The Balaban J connectivity index is 1.79. The number of urea groups is 1. The fourth-order valence-electron chi connectivity index (χ4n) is 2.91. The van der Waals surface area contributed by atoms with Crippen molar-refractivity contribution >= 4 is 11.7 Å². The number of hydrogen-bond acceptors (Lipinski definition) is 2. The van der Waals surface area contributed by atoms with Gasteiger partial charge in [0, 0.05) is 12.6 Å². The minimum Gasteiger partial charge on any atom is -0.467 e. The largest absolute Gasteiger partial charge is 0.467 e. The molecule has 0 atom stereocenters. The van der Waals surface area contributed by atoms with Crippen molar-refractivity contribution < 1.29 is 18.0 Å². The fraction of sp³-hybridized carbons (Fsp3) is 0.261. The lowest BCUT2D eigenvalue weighted by Gasteiger charge is -2.24. The normalized spacial score (nSPS) is 11.3. The molecule has 0 aliphatic rings. The number of nitrogens with zero attached hydrogens (tertiary/aromatic N) is 1. The summed E-state index contributed by atoms with van der Waals surface area (Å²) in [5.74, 6) is -0.927. The topological polar surface area (TPSA) is 45.5 Å². The number of carbonyl (C=O) groups excluding carboxylic acids is 1. The van der Waals surface area contributed by atoms with Gasteiger partial charge in [-0.2, -0.15) is 0 Å². The van der Waals surface area contributed by atoms with Crippen LogP contribution in [0.15, 0.2) is 65.3 Å². The Morgan fingerprint density at radius 2 is 1.76 bits per heavy atom. The third-order valence-corrected chi connectivity index (χ3v) is 4.58. The maximum Gasteiger partial charge on any atom is 0.322 e. The minimum absolute atomic E-state index is 0.0316. The summed E-state index contributed by atoms with van der Waals surface area (Å²) in [5.41, 5.74) is 2.07. The SMILES string of the molecule is CC(C)(C)c1ccc(CN(Cc2ccco2)C(=O)Nc2ccc(F)cc2F)cc1. The second kappa shape index (κ2) is 8.47. The van der Waals surface area contributed by atoms with Crippen LogP contribution in [-0.2, 0) is 18.5 Å². The molecule has 6 heteroatoms. The van der Waals surface area contributed by atoms with Crippen molar-refractivity contribution in [1.82, 2.24) is 4.90 Å². The van der Waals surface area contributed by atoms with E-state index in [1.54, 1.807) is 12.1 Å². The Hall–Kier alpha value is -3.15. The first-order chi connectivity index (χ1) is 13.7. The summed E-state index contributed by atoms with van der Waals surface area (Å²) < 4.78 is 32.4. The van der Waals surface area contributed by atoms with Crippen LogP contribution in [0, 0.1) is 11.6 Å². The van der Waals surface area contributed by atoms with Gasteiger partial charge in [-0.05, 0) is 40.8 Å². The third kappa shape index (κ3) is 5.44. The van der Waals surface area contributed by atoms with E-state index in [1.165, 1.54) is 22.8 Å². The molecule has 3 aromatic rings. The number of rotatable bonds is 5. The summed E-state index contributed by atoms with van der Waals surface area (Å²) in [6, 6.07) is 14.1. The number of benzene rings is 2. The van der Waals surface area contributed by atoms with Gasteiger partial charge in [-0.15, -0.1) is 0 Å². The van der Waals surface area contributed by atoms with E-state index in [0.717, 1.165) is 17.7 Å². The molecule has 2 aromatic carbocycles. The Kier molecular flexibility index (Phi) is 6.01. The number of nitrogens with one attached hydrogen (secondary N) is 1. The van der Waals surface area contributed by atoms with Crippen molar-refractivity contribution in [3.8, 4) is 0 Å². The maximum absolute atomic E-state index is 13.9. The number of amides is 2. The highest BCUT2D eigenvalue weighted by molar-refractivity contribution is 5.89. The summed E-state index contributed by atoms with van der Waals surface area (Å²) in [6.45, 7) is 6.92. The van der Waals surface area contributed by atoms with Gasteiger partial charge in [-0.3, -0.25) is 0 Å². The van der Waals surface area contributed by atoms with Crippen LogP contribution < -0.4 is 5.32 Å². The van der Waals surface area contributed by atoms with Crippen LogP contribution in [0.4, 0.5) is 19.3 Å². The van der Waals surface area contributed by atoms with Crippen molar-refractivity contribution in [2.75, 3.05) is 5.32 Å². The van der Waals surface area contributed by atoms with E-state index >= 15 is 0 Å². The van der Waals surface area contributed by atoms with Gasteiger partial charge in [0.1, 0.15) is 17.4 Å². The molecule has 1 aromatic heterocycles. The van der Waals surface area contributed by atoms with E-state index in [9.17, 15) is 13.6 Å². The molecule has 1 N–H and O–H groups in total. The Morgan fingerprint density at radius 1 is 1.03 bits per heavy atom. The molecule has 0 bridgehead atoms. The van der Waals surface area contributed by atoms with Gasteiger partial charge in [0.15, 0.2) is 0 Å². The molecule has 0 spiro atoms. The van der Waals surface area contributed by atoms with Gasteiger partial charge < -0.3 is 14.6 Å². The maximum atomic E-state index is 13.9. The van der Waals surface area contributed by atoms with Crippen LogP contribution in [0.5, 0.6) is 0 Å². The zero-order valence-electron chi connectivity index (χ0n) is 16.7. The zero-order chi connectivity index (χ0) is 21.0. The lowest BCUT2D eigenvalue weighted by molar-refractivity contribution is 0.201. The van der Waals surface area contributed by atoms with Crippen molar-refractivity contribution in [3.63, 3.8) is 0 Å². The summed E-state index contributed by atoms with van der Waals surface area (Å²) in [5, 5.41) is 2.51. The first kappa shape index (κ1) is 20.6. The number of hydrogen-bond donors (Lipinski definition) is 1. The summed E-state index contributed by atoms with van der Waals surface area (Å²) in [4.78, 5) is 14.3. The number of anilines is 1. The highest BCUT2D eigenvalue weighted by atomic mass is 19.1. The van der Waals surface area contributed by atoms with Crippen LogP contribution in [0.2, 0.25) is 0 Å². The average Bonchev–Trinajstić information content (AvgIpc) is 3.16. The molecule has 0 unspecified atom stereocenters. The predicted molar refractivity (Wildman–Crippen MR) is 108 cm³/mol. The van der Waals surface area contributed by atoms with Crippen LogP contribution in [-0.4, -0.2) is 10.9 Å². The molecule has 0 saturated carbocycles. The summed E-state index contributed by atoms with van der Waals surface area (Å²) >= 11 is 0. The fourth-order valence-corrected chi connectivity index (χ4v) is 2.91. The Labute approximate surface area is 169 Å². The first-order valence-corrected chi connectivity index (χ1v) is 9.35. The second-order valence-corrected chi connectivity index (χ2v) is 7.94. The van der Waals surface area contributed by atoms with Crippen LogP contribution in [0.3, 0.4) is 0 Å². The highest BCUT2D eigenvalue weighted by Gasteiger charge is 2.19. The van der Waals surface area contributed by atoms with Gasteiger partial charge in [-0.1, -0.05) is 45.0 Å². The lowest BCUT2D eigenvalue weighted by Crippen LogP contribution is -2.34. The van der Waals surface area contributed by atoms with Crippen LogP contribution in [0.25, 0.3) is 0 Å². The molecule has 2 amide bonds. The molecule has 0 aliphatic carbocycles. The molecule has 0 fully saturated rings. The monoisotopic (exact) mass is 398 g/mol. The molecule has 0 radical (unpaired) electrons. The average molecular weight is 398 g/mol.